The summed E-state index contributed by atoms with van der Waals surface area (Å²) in [5.41, 5.74) is 7.02. The highest BCUT2D eigenvalue weighted by Gasteiger charge is 2.49. The van der Waals surface area contributed by atoms with E-state index in [1.54, 1.807) is 6.08 Å². The van der Waals surface area contributed by atoms with Crippen LogP contribution in [0.5, 0.6) is 0 Å². The number of benzene rings is 7. The minimum Gasteiger partial charge on any atom is -0.488 e. The van der Waals surface area contributed by atoms with E-state index in [2.05, 4.69) is 13.2 Å². The van der Waals surface area contributed by atoms with Crippen LogP contribution in [0.1, 0.15) is 38.9 Å². The Labute approximate surface area is 437 Å². The highest BCUT2D eigenvalue weighted by Crippen LogP contribution is 2.32. The van der Waals surface area contributed by atoms with E-state index in [0.29, 0.717) is 32.2 Å². The topological polar surface area (TPSA) is 92.3 Å². The minimum atomic E-state index is -0.991. The molecule has 1 saturated heterocycles. The van der Waals surface area contributed by atoms with Gasteiger partial charge in [0.05, 0.1) is 59.5 Å². The third kappa shape index (κ3) is 17.3. The molecule has 8 rings (SSSR count). The first-order valence-electron chi connectivity index (χ1n) is 25.3. The van der Waals surface area contributed by atoms with E-state index in [1.165, 1.54) is 0 Å². The van der Waals surface area contributed by atoms with Crippen LogP contribution < -0.4 is 0 Å². The molecule has 1 aliphatic rings. The Bertz CT molecular complexity index is 2610. The smallest absolute Gasteiger partial charge is 0.187 e. The first-order chi connectivity index (χ1) is 36.6. The molecule has 8 atom stereocenters. The Morgan fingerprint density at radius 1 is 0.432 bits per heavy atom. The monoisotopic (exact) mass is 996 g/mol. The molecule has 7 aromatic carbocycles. The van der Waals surface area contributed by atoms with E-state index in [9.17, 15) is 0 Å². The molecule has 0 aliphatic carbocycles. The Morgan fingerprint density at radius 3 is 1.26 bits per heavy atom. The molecule has 0 radical (unpaired) electrons. The van der Waals surface area contributed by atoms with E-state index in [4.69, 9.17) is 47.4 Å². The van der Waals surface area contributed by atoms with Crippen molar-refractivity contribution in [3.8, 4) is 0 Å². The third-order valence-corrected chi connectivity index (χ3v) is 12.5. The lowest BCUT2D eigenvalue weighted by atomic mass is 9.97. The Morgan fingerprint density at radius 2 is 0.811 bits per heavy atom. The predicted octanol–water partition coefficient (Wildman–Crippen LogP) is 12.2. The van der Waals surface area contributed by atoms with Gasteiger partial charge >= 0.3 is 0 Å². The summed E-state index contributed by atoms with van der Waals surface area (Å²) in [6, 6.07) is 70.2. The average molecular weight is 997 g/mol. The first kappa shape index (κ1) is 53.7. The summed E-state index contributed by atoms with van der Waals surface area (Å²) in [5, 5.41) is 0. The van der Waals surface area contributed by atoms with Crippen LogP contribution in [0.2, 0.25) is 0 Å². The van der Waals surface area contributed by atoms with Crippen molar-refractivity contribution in [2.75, 3.05) is 19.8 Å². The van der Waals surface area contributed by atoms with E-state index in [1.807, 2.05) is 212 Å². The maximum Gasteiger partial charge on any atom is 0.187 e. The molecule has 1 heterocycles. The van der Waals surface area contributed by atoms with Crippen LogP contribution in [0.15, 0.2) is 237 Å². The van der Waals surface area contributed by atoms with Gasteiger partial charge in [0, 0.05) is 0 Å². The first-order valence-corrected chi connectivity index (χ1v) is 25.3. The van der Waals surface area contributed by atoms with Crippen LogP contribution >= 0.6 is 0 Å². The molecular weight excluding hydrogens is 929 g/mol. The zero-order chi connectivity index (χ0) is 50.8. The predicted molar refractivity (Wildman–Crippen MR) is 286 cm³/mol. The molecule has 0 amide bonds. The van der Waals surface area contributed by atoms with Crippen molar-refractivity contribution < 1.29 is 47.4 Å². The lowest BCUT2D eigenvalue weighted by Crippen LogP contribution is -2.61. The standard InChI is InChI=1S/C64H68O10/c1-3-57(67-42-52-29-15-6-16-30-52)60(68-43-53-31-17-7-18-32-53)58(47-65-40-50-25-11-4-12-26-50)73-49(2)39-72-64-63(71-46-56-37-23-10-24-38-56)62(70-45-55-35-21-9-22-36-55)61(69-44-54-33-19-8-20-34-54)59(74-64)48-66-41-51-27-13-5-14-28-51/h3-38,57-64H,1-2,39-48H2/t57-,58-,59-,60+,61-,62+,63+,64+/m1/s1. The molecule has 1 fully saturated rings. The van der Waals surface area contributed by atoms with Crippen molar-refractivity contribution >= 4 is 0 Å². The van der Waals surface area contributed by atoms with Gasteiger partial charge < -0.3 is 47.4 Å². The highest BCUT2D eigenvalue weighted by molar-refractivity contribution is 5.19. The van der Waals surface area contributed by atoms with Gasteiger partial charge in [-0.25, -0.2) is 0 Å². The van der Waals surface area contributed by atoms with Gasteiger partial charge in [0.2, 0.25) is 0 Å². The largest absolute Gasteiger partial charge is 0.488 e. The fraction of sp³-hybridized carbons (Fsp3) is 0.281. The molecule has 0 spiro atoms. The highest BCUT2D eigenvalue weighted by atomic mass is 16.7. The van der Waals surface area contributed by atoms with Crippen molar-refractivity contribution in [3.05, 3.63) is 276 Å². The van der Waals surface area contributed by atoms with E-state index < -0.39 is 49.0 Å². The van der Waals surface area contributed by atoms with Crippen molar-refractivity contribution in [2.24, 2.45) is 0 Å². The van der Waals surface area contributed by atoms with Gasteiger partial charge in [-0.3, -0.25) is 0 Å². The molecule has 0 unspecified atom stereocenters. The summed E-state index contributed by atoms with van der Waals surface area (Å²) in [6.45, 7) is 11.0. The van der Waals surface area contributed by atoms with E-state index in [-0.39, 0.29) is 39.6 Å². The molecule has 0 bridgehead atoms. The summed E-state index contributed by atoms with van der Waals surface area (Å²) in [5.74, 6) is 0.309. The van der Waals surface area contributed by atoms with Crippen LogP contribution in [0.3, 0.4) is 0 Å². The van der Waals surface area contributed by atoms with Crippen molar-refractivity contribution in [3.63, 3.8) is 0 Å². The molecule has 0 saturated carbocycles. The van der Waals surface area contributed by atoms with Crippen LogP contribution in [-0.2, 0) is 93.6 Å². The number of hydrogen-bond acceptors (Lipinski definition) is 10. The third-order valence-electron chi connectivity index (χ3n) is 12.5. The van der Waals surface area contributed by atoms with Crippen molar-refractivity contribution in [1.82, 2.24) is 0 Å². The maximum atomic E-state index is 6.99. The molecule has 0 N–H and O–H groups in total. The lowest BCUT2D eigenvalue weighted by Gasteiger charge is -2.46. The van der Waals surface area contributed by atoms with Gasteiger partial charge in [-0.1, -0.05) is 225 Å². The summed E-state index contributed by atoms with van der Waals surface area (Å²) >= 11 is 0. The molecule has 10 nitrogen and oxygen atoms in total. The van der Waals surface area contributed by atoms with Gasteiger partial charge in [0.15, 0.2) is 12.4 Å². The Hall–Kier alpha value is -6.54. The van der Waals surface area contributed by atoms with Crippen molar-refractivity contribution in [1.29, 1.82) is 0 Å². The summed E-state index contributed by atoms with van der Waals surface area (Å²) in [6.07, 6.45) is -4.04. The second kappa shape index (κ2) is 30.0. The van der Waals surface area contributed by atoms with E-state index in [0.717, 1.165) is 38.9 Å². The fourth-order valence-corrected chi connectivity index (χ4v) is 8.61. The number of ether oxygens (including phenoxy) is 10. The normalized spacial score (nSPS) is 18.7. The zero-order valence-corrected chi connectivity index (χ0v) is 42.0. The van der Waals surface area contributed by atoms with Gasteiger partial charge in [0.1, 0.15) is 49.0 Å². The van der Waals surface area contributed by atoms with Gasteiger partial charge in [-0.05, 0) is 38.9 Å². The van der Waals surface area contributed by atoms with Gasteiger partial charge in [0.25, 0.3) is 0 Å². The molecule has 10 heteroatoms. The molecular formula is C64H68O10. The summed E-state index contributed by atoms with van der Waals surface area (Å²) in [4.78, 5) is 0. The van der Waals surface area contributed by atoms with Crippen LogP contribution in [-0.4, -0.2) is 68.8 Å². The molecule has 74 heavy (non-hydrogen) atoms. The number of rotatable bonds is 31. The second-order valence-electron chi connectivity index (χ2n) is 18.1. The SMILES string of the molecule is C=C[C@@H](OCc1ccccc1)[C@H](OCc1ccccc1)[C@@H](COCc1ccccc1)OC(=C)CO[C@H]1O[C@H](COCc2ccccc2)[C@@H](OCc2ccccc2)[C@H](OCc2ccccc2)[C@@H]1OCc1ccccc1. The molecule has 0 aromatic heterocycles. The molecule has 7 aromatic rings. The van der Waals surface area contributed by atoms with E-state index >= 15 is 0 Å². The van der Waals surface area contributed by atoms with Crippen LogP contribution in [0.4, 0.5) is 0 Å². The summed E-state index contributed by atoms with van der Waals surface area (Å²) in [7, 11) is 0. The van der Waals surface area contributed by atoms with Crippen LogP contribution in [0, 0.1) is 0 Å². The second-order valence-corrected chi connectivity index (χ2v) is 18.1. The Kier molecular flexibility index (Phi) is 21.8. The zero-order valence-electron chi connectivity index (χ0n) is 42.0. The Balaban J connectivity index is 1.07. The van der Waals surface area contributed by atoms with Crippen LogP contribution in [0.25, 0.3) is 0 Å². The molecule has 1 aliphatic heterocycles. The molecule has 384 valence electrons. The number of hydrogen-bond donors (Lipinski definition) is 0. The minimum absolute atomic E-state index is 0.0847. The fourth-order valence-electron chi connectivity index (χ4n) is 8.61. The van der Waals surface area contributed by atoms with Gasteiger partial charge in [-0.15, -0.1) is 6.58 Å². The van der Waals surface area contributed by atoms with Crippen molar-refractivity contribution in [2.45, 2.75) is 95.3 Å². The average Bonchev–Trinajstić information content (AvgIpc) is 3.45. The maximum absolute atomic E-state index is 6.99. The van der Waals surface area contributed by atoms with Gasteiger partial charge in [-0.2, -0.15) is 0 Å². The quantitative estimate of drug-likeness (QED) is 0.0309. The summed E-state index contributed by atoms with van der Waals surface area (Å²) < 4.78 is 67.5. The lowest BCUT2D eigenvalue weighted by molar-refractivity contribution is -0.328.